The standard InChI is InChI=1S/C26H32N6O6S/c1-19-26(33)30(17-23-18-31(29-28-23)10-9-25-37-12-13-38-25)11-14-39(34,35)32(19)16-20-3-5-21(6-4-20)22-7-8-24(36-2)27-15-22/h3-8,15,18-19,25H,9-14,16-17H2,1-2H3. The van der Waals surface area contributed by atoms with E-state index in [9.17, 15) is 13.2 Å². The lowest BCUT2D eigenvalue weighted by molar-refractivity contribution is -0.134. The van der Waals surface area contributed by atoms with Crippen LogP contribution in [0, 0.1) is 0 Å². The van der Waals surface area contributed by atoms with Gasteiger partial charge in [0.15, 0.2) is 6.29 Å². The van der Waals surface area contributed by atoms with Crippen molar-refractivity contribution in [2.45, 2.75) is 45.3 Å². The van der Waals surface area contributed by atoms with Crippen LogP contribution < -0.4 is 4.74 Å². The Labute approximate surface area is 227 Å². The Morgan fingerprint density at radius 1 is 1.05 bits per heavy atom. The number of amides is 1. The zero-order chi connectivity index (χ0) is 27.4. The van der Waals surface area contributed by atoms with E-state index in [0.29, 0.717) is 37.8 Å². The summed E-state index contributed by atoms with van der Waals surface area (Å²) in [6, 6.07) is 10.4. The van der Waals surface area contributed by atoms with Crippen LogP contribution in [0.15, 0.2) is 48.8 Å². The Balaban J connectivity index is 1.23. The van der Waals surface area contributed by atoms with Crippen LogP contribution in [0.25, 0.3) is 11.1 Å². The average molecular weight is 557 g/mol. The van der Waals surface area contributed by atoms with E-state index < -0.39 is 16.1 Å². The van der Waals surface area contributed by atoms with E-state index in [0.717, 1.165) is 16.7 Å². The minimum absolute atomic E-state index is 0.0853. The van der Waals surface area contributed by atoms with E-state index in [4.69, 9.17) is 14.2 Å². The number of carbonyl (C=O) groups is 1. The predicted molar refractivity (Wildman–Crippen MR) is 141 cm³/mol. The smallest absolute Gasteiger partial charge is 0.241 e. The Morgan fingerprint density at radius 3 is 2.49 bits per heavy atom. The number of ether oxygens (including phenoxy) is 3. The van der Waals surface area contributed by atoms with Gasteiger partial charge in [0, 0.05) is 43.9 Å². The molecule has 0 radical (unpaired) electrons. The Hall–Kier alpha value is -3.39. The fourth-order valence-corrected chi connectivity index (χ4v) is 6.26. The van der Waals surface area contributed by atoms with Crippen LogP contribution in [0.1, 0.15) is 24.6 Å². The highest BCUT2D eigenvalue weighted by Crippen LogP contribution is 2.24. The van der Waals surface area contributed by atoms with Gasteiger partial charge in [0.1, 0.15) is 11.7 Å². The first-order valence-corrected chi connectivity index (χ1v) is 14.4. The van der Waals surface area contributed by atoms with Crippen LogP contribution in [0.3, 0.4) is 0 Å². The molecule has 1 amide bonds. The summed E-state index contributed by atoms with van der Waals surface area (Å²) in [7, 11) is -2.11. The molecule has 0 aliphatic carbocycles. The molecule has 0 saturated carbocycles. The molecule has 39 heavy (non-hydrogen) atoms. The molecule has 4 heterocycles. The predicted octanol–water partition coefficient (Wildman–Crippen LogP) is 1.67. The van der Waals surface area contributed by atoms with Gasteiger partial charge in [-0.05, 0) is 24.1 Å². The van der Waals surface area contributed by atoms with Crippen molar-refractivity contribution in [2.24, 2.45) is 0 Å². The zero-order valence-electron chi connectivity index (χ0n) is 22.0. The second-order valence-electron chi connectivity index (χ2n) is 9.52. The van der Waals surface area contributed by atoms with E-state index in [1.807, 2.05) is 30.3 Å². The lowest BCUT2D eigenvalue weighted by Gasteiger charge is -2.26. The molecule has 5 rings (SSSR count). The van der Waals surface area contributed by atoms with Gasteiger partial charge in [-0.15, -0.1) is 5.10 Å². The highest BCUT2D eigenvalue weighted by atomic mass is 32.2. The molecular weight excluding hydrogens is 524 g/mol. The normalized spacial score (nSPS) is 20.3. The summed E-state index contributed by atoms with van der Waals surface area (Å²) in [4.78, 5) is 19.1. The molecule has 12 nitrogen and oxygen atoms in total. The Kier molecular flexibility index (Phi) is 8.21. The van der Waals surface area contributed by atoms with Crippen molar-refractivity contribution in [2.75, 3.05) is 32.6 Å². The molecule has 1 unspecified atom stereocenters. The minimum Gasteiger partial charge on any atom is -0.481 e. The van der Waals surface area contributed by atoms with Crippen molar-refractivity contribution in [3.8, 4) is 17.0 Å². The van der Waals surface area contributed by atoms with Gasteiger partial charge in [-0.2, -0.15) is 4.31 Å². The number of pyridine rings is 1. The van der Waals surface area contributed by atoms with Gasteiger partial charge in [-0.3, -0.25) is 9.48 Å². The molecule has 1 aromatic carbocycles. The first-order chi connectivity index (χ1) is 18.8. The third-order valence-corrected chi connectivity index (χ3v) is 8.73. The van der Waals surface area contributed by atoms with E-state index in [1.54, 1.807) is 42.1 Å². The van der Waals surface area contributed by atoms with Gasteiger partial charge >= 0.3 is 0 Å². The number of sulfonamides is 1. The van der Waals surface area contributed by atoms with Gasteiger partial charge in [0.05, 0.1) is 38.8 Å². The van der Waals surface area contributed by atoms with Crippen LogP contribution >= 0.6 is 0 Å². The number of hydrogen-bond acceptors (Lipinski definition) is 9. The molecule has 0 N–H and O–H groups in total. The SMILES string of the molecule is COc1ccc(-c2ccc(CN3C(C)C(=O)N(Cc4cn(CCC5OCCO5)nn4)CCS3(=O)=O)cc2)cn1. The quantitative estimate of drug-likeness (QED) is 0.386. The Morgan fingerprint density at radius 2 is 1.79 bits per heavy atom. The first kappa shape index (κ1) is 27.2. The molecule has 2 aliphatic rings. The number of aryl methyl sites for hydroxylation is 1. The van der Waals surface area contributed by atoms with E-state index >= 15 is 0 Å². The van der Waals surface area contributed by atoms with E-state index in [1.165, 1.54) is 4.31 Å². The van der Waals surface area contributed by atoms with Crippen molar-refractivity contribution < 1.29 is 27.4 Å². The summed E-state index contributed by atoms with van der Waals surface area (Å²) < 4.78 is 45.4. The van der Waals surface area contributed by atoms with Gasteiger partial charge < -0.3 is 19.1 Å². The highest BCUT2D eigenvalue weighted by Gasteiger charge is 2.38. The summed E-state index contributed by atoms with van der Waals surface area (Å²) in [6.07, 6.45) is 3.90. The van der Waals surface area contributed by atoms with Gasteiger partial charge in [-0.25, -0.2) is 13.4 Å². The third-order valence-electron chi connectivity index (χ3n) is 6.87. The molecule has 0 spiro atoms. The van der Waals surface area contributed by atoms with Gasteiger partial charge in [0.25, 0.3) is 0 Å². The second kappa shape index (κ2) is 11.8. The van der Waals surface area contributed by atoms with Crippen molar-refractivity contribution in [3.05, 3.63) is 60.0 Å². The molecular formula is C26H32N6O6S. The lowest BCUT2D eigenvalue weighted by Crippen LogP contribution is -2.45. The fraction of sp³-hybridized carbons (Fsp3) is 0.462. The molecule has 1 atom stereocenters. The highest BCUT2D eigenvalue weighted by molar-refractivity contribution is 7.89. The average Bonchev–Trinajstić information content (AvgIpc) is 3.63. The number of methoxy groups -OCH3 is 1. The first-order valence-electron chi connectivity index (χ1n) is 12.8. The monoisotopic (exact) mass is 556 g/mol. The topological polar surface area (TPSA) is 129 Å². The molecule has 2 fully saturated rings. The van der Waals surface area contributed by atoms with Crippen molar-refractivity contribution in [1.82, 2.24) is 29.2 Å². The largest absolute Gasteiger partial charge is 0.481 e. The van der Waals surface area contributed by atoms with Crippen LogP contribution in [-0.2, 0) is 43.9 Å². The molecule has 3 aromatic rings. The molecule has 208 valence electrons. The van der Waals surface area contributed by atoms with Crippen LogP contribution in [0.4, 0.5) is 0 Å². The maximum Gasteiger partial charge on any atom is 0.241 e. The van der Waals surface area contributed by atoms with Crippen LogP contribution in [0.5, 0.6) is 5.88 Å². The number of hydrogen-bond donors (Lipinski definition) is 0. The third kappa shape index (κ3) is 6.44. The molecule has 13 heteroatoms. The maximum absolute atomic E-state index is 13.4. The lowest BCUT2D eigenvalue weighted by atomic mass is 10.1. The second-order valence-corrected chi connectivity index (χ2v) is 11.6. The minimum atomic E-state index is -3.67. The van der Waals surface area contributed by atoms with Crippen molar-refractivity contribution in [1.29, 1.82) is 0 Å². The summed E-state index contributed by atoms with van der Waals surface area (Å²) in [5, 5.41) is 8.30. The molecule has 2 saturated heterocycles. The van der Waals surface area contributed by atoms with Crippen LogP contribution in [0.2, 0.25) is 0 Å². The number of aromatic nitrogens is 4. The van der Waals surface area contributed by atoms with Gasteiger partial charge in [-0.1, -0.05) is 29.5 Å². The molecule has 0 bridgehead atoms. The summed E-state index contributed by atoms with van der Waals surface area (Å²) >= 11 is 0. The molecule has 2 aromatic heterocycles. The number of nitrogens with zero attached hydrogens (tertiary/aromatic N) is 6. The number of rotatable bonds is 9. The summed E-state index contributed by atoms with van der Waals surface area (Å²) in [5.41, 5.74) is 3.24. The van der Waals surface area contributed by atoms with Gasteiger partial charge in [0.2, 0.25) is 21.8 Å². The van der Waals surface area contributed by atoms with E-state index in [-0.39, 0.29) is 37.6 Å². The maximum atomic E-state index is 13.4. The fourth-order valence-electron chi connectivity index (χ4n) is 4.66. The Bertz CT molecular complexity index is 1370. The van der Waals surface area contributed by atoms with E-state index in [2.05, 4.69) is 15.3 Å². The van der Waals surface area contributed by atoms with Crippen LogP contribution in [-0.4, -0.2) is 88.5 Å². The zero-order valence-corrected chi connectivity index (χ0v) is 22.8. The summed E-state index contributed by atoms with van der Waals surface area (Å²) in [6.45, 7) is 3.76. The van der Waals surface area contributed by atoms with Crippen molar-refractivity contribution in [3.63, 3.8) is 0 Å². The number of carbonyl (C=O) groups excluding carboxylic acids is 1. The number of benzene rings is 1. The van der Waals surface area contributed by atoms with Crippen molar-refractivity contribution >= 4 is 15.9 Å². The molecule has 2 aliphatic heterocycles. The summed E-state index contributed by atoms with van der Waals surface area (Å²) in [5.74, 6) is 0.103.